The molecule has 0 bridgehead atoms. The Morgan fingerprint density at radius 2 is 1.90 bits per heavy atom. The Kier molecular flexibility index (Phi) is 3.93. The van der Waals surface area contributed by atoms with Crippen molar-refractivity contribution in [1.82, 2.24) is 5.32 Å². The molecule has 0 aliphatic carbocycles. The van der Waals surface area contributed by atoms with Crippen LogP contribution in [0.4, 0.5) is 0 Å². The van der Waals surface area contributed by atoms with Gasteiger partial charge in [-0.2, -0.15) is 0 Å². The first kappa shape index (κ1) is 13.4. The number of rotatable bonds is 4. The first-order chi connectivity index (χ1) is 9.75. The molecule has 1 unspecified atom stereocenters. The smallest absolute Gasteiger partial charge is 0.127 e. The van der Waals surface area contributed by atoms with E-state index in [0.29, 0.717) is 11.8 Å². The molecule has 106 valence electrons. The second-order valence-electron chi connectivity index (χ2n) is 6.06. The van der Waals surface area contributed by atoms with Crippen molar-refractivity contribution in [2.45, 2.75) is 26.4 Å². The van der Waals surface area contributed by atoms with Crippen LogP contribution in [0.1, 0.15) is 20.3 Å². The first-order valence-electron chi connectivity index (χ1n) is 7.61. The molecule has 0 spiro atoms. The van der Waals surface area contributed by atoms with E-state index in [9.17, 15) is 0 Å². The van der Waals surface area contributed by atoms with E-state index in [0.717, 1.165) is 18.8 Å². The Labute approximate surface area is 121 Å². The van der Waals surface area contributed by atoms with Crippen LogP contribution in [0, 0.1) is 11.8 Å². The van der Waals surface area contributed by atoms with Gasteiger partial charge in [0.15, 0.2) is 0 Å². The average Bonchev–Trinajstić information content (AvgIpc) is 2.98. The fourth-order valence-corrected chi connectivity index (χ4v) is 3.18. The highest BCUT2D eigenvalue weighted by Gasteiger charge is 2.29. The third-order valence-electron chi connectivity index (χ3n) is 4.23. The quantitative estimate of drug-likeness (QED) is 0.910. The van der Waals surface area contributed by atoms with E-state index in [4.69, 9.17) is 4.74 Å². The topological polar surface area (TPSA) is 21.3 Å². The summed E-state index contributed by atoms with van der Waals surface area (Å²) >= 11 is 0. The molecule has 0 radical (unpaired) electrons. The molecule has 3 rings (SSSR count). The first-order valence-corrected chi connectivity index (χ1v) is 7.61. The van der Waals surface area contributed by atoms with Crippen molar-refractivity contribution in [3.8, 4) is 5.75 Å². The van der Waals surface area contributed by atoms with E-state index in [2.05, 4.69) is 61.6 Å². The molecule has 2 nitrogen and oxygen atoms in total. The summed E-state index contributed by atoms with van der Waals surface area (Å²) < 4.78 is 6.43. The minimum absolute atomic E-state index is 0.288. The van der Waals surface area contributed by atoms with Gasteiger partial charge in [-0.3, -0.25) is 0 Å². The lowest BCUT2D eigenvalue weighted by Crippen LogP contribution is -2.33. The van der Waals surface area contributed by atoms with Gasteiger partial charge >= 0.3 is 0 Å². The summed E-state index contributed by atoms with van der Waals surface area (Å²) in [5.74, 6) is 2.17. The molecule has 0 saturated carbocycles. The Morgan fingerprint density at radius 3 is 2.65 bits per heavy atom. The molecule has 1 fully saturated rings. The number of ether oxygens (including phenoxy) is 1. The highest BCUT2D eigenvalue weighted by molar-refractivity contribution is 5.88. The van der Waals surface area contributed by atoms with Gasteiger partial charge in [0.25, 0.3) is 0 Å². The van der Waals surface area contributed by atoms with Crippen LogP contribution in [-0.2, 0) is 0 Å². The Balaban J connectivity index is 1.90. The summed E-state index contributed by atoms with van der Waals surface area (Å²) in [4.78, 5) is 0. The molecule has 0 amide bonds. The second kappa shape index (κ2) is 5.84. The number of nitrogens with one attached hydrogen (secondary N) is 1. The molecule has 1 N–H and O–H groups in total. The molecule has 1 saturated heterocycles. The summed E-state index contributed by atoms with van der Waals surface area (Å²) in [5, 5.41) is 5.91. The van der Waals surface area contributed by atoms with Crippen LogP contribution < -0.4 is 10.1 Å². The maximum atomic E-state index is 6.43. The van der Waals surface area contributed by atoms with Crippen molar-refractivity contribution in [3.63, 3.8) is 0 Å². The largest absolute Gasteiger partial charge is 0.489 e. The van der Waals surface area contributed by atoms with E-state index in [1.807, 2.05) is 0 Å². The molecule has 1 aliphatic heterocycles. The van der Waals surface area contributed by atoms with Crippen molar-refractivity contribution in [3.05, 3.63) is 42.5 Å². The summed E-state index contributed by atoms with van der Waals surface area (Å²) in [6, 6.07) is 14.8. The van der Waals surface area contributed by atoms with Crippen molar-refractivity contribution >= 4 is 10.8 Å². The average molecular weight is 269 g/mol. The molecular weight excluding hydrogens is 246 g/mol. The van der Waals surface area contributed by atoms with Gasteiger partial charge in [0, 0.05) is 17.8 Å². The maximum absolute atomic E-state index is 6.43. The zero-order valence-corrected chi connectivity index (χ0v) is 12.3. The number of hydrogen-bond donors (Lipinski definition) is 1. The Bertz CT molecular complexity index is 567. The monoisotopic (exact) mass is 269 g/mol. The van der Waals surface area contributed by atoms with Crippen LogP contribution in [0.25, 0.3) is 10.8 Å². The fraction of sp³-hybridized carbons (Fsp3) is 0.444. The fourth-order valence-electron chi connectivity index (χ4n) is 3.18. The second-order valence-corrected chi connectivity index (χ2v) is 6.06. The number of fused-ring (bicyclic) bond motifs is 1. The van der Waals surface area contributed by atoms with Gasteiger partial charge in [-0.15, -0.1) is 0 Å². The van der Waals surface area contributed by atoms with Crippen LogP contribution in [-0.4, -0.2) is 19.2 Å². The molecular formula is C18H23NO. The third kappa shape index (κ3) is 2.66. The normalized spacial score (nSPS) is 20.4. The Hall–Kier alpha value is -1.54. The van der Waals surface area contributed by atoms with Crippen LogP contribution in [0.3, 0.4) is 0 Å². The minimum atomic E-state index is 0.288. The summed E-state index contributed by atoms with van der Waals surface area (Å²) in [6.45, 7) is 6.71. The van der Waals surface area contributed by atoms with Crippen molar-refractivity contribution in [2.75, 3.05) is 13.1 Å². The van der Waals surface area contributed by atoms with Gasteiger partial charge in [-0.1, -0.05) is 50.2 Å². The van der Waals surface area contributed by atoms with Gasteiger partial charge in [-0.25, -0.2) is 0 Å². The number of benzene rings is 2. The summed E-state index contributed by atoms with van der Waals surface area (Å²) in [6.07, 6.45) is 1.50. The van der Waals surface area contributed by atoms with Gasteiger partial charge in [0.05, 0.1) is 0 Å². The molecule has 2 heteroatoms. The minimum Gasteiger partial charge on any atom is -0.489 e. The molecule has 1 heterocycles. The third-order valence-corrected chi connectivity index (χ3v) is 4.23. The van der Waals surface area contributed by atoms with Crippen LogP contribution in [0.5, 0.6) is 5.75 Å². The molecule has 2 aromatic rings. The van der Waals surface area contributed by atoms with Crippen LogP contribution in [0.2, 0.25) is 0 Å². The van der Waals surface area contributed by atoms with Crippen LogP contribution in [0.15, 0.2) is 42.5 Å². The van der Waals surface area contributed by atoms with Gasteiger partial charge < -0.3 is 10.1 Å². The predicted molar refractivity (Wildman–Crippen MR) is 84.2 cm³/mol. The lowest BCUT2D eigenvalue weighted by molar-refractivity contribution is 0.0990. The SMILES string of the molecule is CC(C)[C@@H](Oc1cccc2ccccc12)C1CCNC1. The molecule has 1 aliphatic rings. The van der Waals surface area contributed by atoms with Gasteiger partial charge in [0.2, 0.25) is 0 Å². The van der Waals surface area contributed by atoms with E-state index in [-0.39, 0.29) is 6.10 Å². The highest BCUT2D eigenvalue weighted by atomic mass is 16.5. The lowest BCUT2D eigenvalue weighted by atomic mass is 9.92. The standard InChI is InChI=1S/C18H23NO/c1-13(2)18(15-10-11-19-12-15)20-17-9-5-7-14-6-3-4-8-16(14)17/h3-9,13,15,18-19H,10-12H2,1-2H3/t15?,18-/m1/s1. The summed E-state index contributed by atoms with van der Waals surface area (Å²) in [7, 11) is 0. The maximum Gasteiger partial charge on any atom is 0.127 e. The van der Waals surface area contributed by atoms with Crippen molar-refractivity contribution in [2.24, 2.45) is 11.8 Å². The van der Waals surface area contributed by atoms with Crippen LogP contribution >= 0.6 is 0 Å². The van der Waals surface area contributed by atoms with Crippen molar-refractivity contribution < 1.29 is 4.74 Å². The van der Waals surface area contributed by atoms with Crippen molar-refractivity contribution in [1.29, 1.82) is 0 Å². The lowest BCUT2D eigenvalue weighted by Gasteiger charge is -2.28. The van der Waals surface area contributed by atoms with E-state index in [1.165, 1.54) is 17.2 Å². The van der Waals surface area contributed by atoms with Gasteiger partial charge in [-0.05, 0) is 30.3 Å². The zero-order chi connectivity index (χ0) is 13.9. The van der Waals surface area contributed by atoms with E-state index in [1.54, 1.807) is 0 Å². The predicted octanol–water partition coefficient (Wildman–Crippen LogP) is 3.85. The Morgan fingerprint density at radius 1 is 1.10 bits per heavy atom. The molecule has 2 atom stereocenters. The van der Waals surface area contributed by atoms with E-state index >= 15 is 0 Å². The highest BCUT2D eigenvalue weighted by Crippen LogP contribution is 2.30. The number of hydrogen-bond acceptors (Lipinski definition) is 2. The molecule has 20 heavy (non-hydrogen) atoms. The zero-order valence-electron chi connectivity index (χ0n) is 12.3. The molecule has 0 aromatic heterocycles. The van der Waals surface area contributed by atoms with E-state index < -0.39 is 0 Å². The van der Waals surface area contributed by atoms with Gasteiger partial charge in [0.1, 0.15) is 11.9 Å². The summed E-state index contributed by atoms with van der Waals surface area (Å²) in [5.41, 5.74) is 0. The molecule has 2 aromatic carbocycles.